The van der Waals surface area contributed by atoms with Crippen molar-refractivity contribution in [3.05, 3.63) is 32.5 Å². The van der Waals surface area contributed by atoms with Crippen molar-refractivity contribution in [1.29, 1.82) is 0 Å². The number of rotatable bonds is 3. The Bertz CT molecular complexity index is 683. The van der Waals surface area contributed by atoms with E-state index in [1.54, 1.807) is 0 Å². The molecule has 3 aliphatic carbocycles. The fourth-order valence-corrected chi connectivity index (χ4v) is 3.39. The molecule has 3 N–H and O–H groups in total. The van der Waals surface area contributed by atoms with E-state index in [1.807, 2.05) is 4.98 Å². The molecule has 2 atom stereocenters. The minimum atomic E-state index is -0.750. The van der Waals surface area contributed by atoms with Crippen LogP contribution in [-0.2, 0) is 0 Å². The fourth-order valence-electron chi connectivity index (χ4n) is 3.39. The highest BCUT2D eigenvalue weighted by atomic mass is 16.5. The molecule has 6 nitrogen and oxygen atoms in total. The van der Waals surface area contributed by atoms with E-state index in [-0.39, 0.29) is 17.8 Å². The van der Waals surface area contributed by atoms with Gasteiger partial charge in [0, 0.05) is 0 Å². The van der Waals surface area contributed by atoms with E-state index in [1.165, 1.54) is 5.57 Å². The molecule has 3 aliphatic rings. The predicted molar refractivity (Wildman–Crippen MR) is 72.9 cm³/mol. The Balaban J connectivity index is 1.77. The lowest BCUT2D eigenvalue weighted by Crippen LogP contribution is -2.49. The molecule has 0 amide bonds. The van der Waals surface area contributed by atoms with Crippen LogP contribution in [0.15, 0.2) is 21.2 Å². The average Bonchev–Trinajstić information content (AvgIpc) is 2.37. The second-order valence-corrected chi connectivity index (χ2v) is 6.20. The van der Waals surface area contributed by atoms with Crippen molar-refractivity contribution < 1.29 is 9.84 Å². The number of aromatic amines is 2. The number of allylic oxidation sites excluding steroid dienone is 1. The normalized spacial score (nSPS) is 26.6. The summed E-state index contributed by atoms with van der Waals surface area (Å²) >= 11 is 0. The molecule has 4 rings (SSSR count). The van der Waals surface area contributed by atoms with Gasteiger partial charge in [0.2, 0.25) is 11.6 Å². The Hall–Kier alpha value is -1.98. The molecule has 0 aliphatic heterocycles. The summed E-state index contributed by atoms with van der Waals surface area (Å²) in [6.45, 7) is 4.77. The second-order valence-electron chi connectivity index (χ2n) is 6.20. The number of hydrogen-bond acceptors (Lipinski definition) is 4. The van der Waals surface area contributed by atoms with Crippen LogP contribution in [0.3, 0.4) is 0 Å². The first-order chi connectivity index (χ1) is 9.39. The minimum Gasteiger partial charge on any atom is -0.492 e. The summed E-state index contributed by atoms with van der Waals surface area (Å²) in [7, 11) is 0. The van der Waals surface area contributed by atoms with E-state index in [2.05, 4.69) is 24.9 Å². The molecule has 2 bridgehead atoms. The molecule has 1 aromatic heterocycles. The summed E-state index contributed by atoms with van der Waals surface area (Å²) < 4.78 is 5.42. The Labute approximate surface area is 115 Å². The number of aromatic hydroxyl groups is 1. The summed E-state index contributed by atoms with van der Waals surface area (Å²) in [5.41, 5.74) is -0.0111. The largest absolute Gasteiger partial charge is 0.492 e. The van der Waals surface area contributed by atoms with Gasteiger partial charge in [0.05, 0.1) is 0 Å². The van der Waals surface area contributed by atoms with Gasteiger partial charge in [-0.25, -0.2) is 4.79 Å². The van der Waals surface area contributed by atoms with Crippen molar-refractivity contribution in [2.45, 2.75) is 26.7 Å². The standard InChI is InChI=1S/C14H18N2O4/c1-14(2)8-4-3-7(9(14)5-8)6-20-10-11(17)15-13(19)16-12(10)18/h3,8-9H,4-6H2,1-2H3,(H3,15,16,17,18,19). The van der Waals surface area contributed by atoms with E-state index >= 15 is 0 Å². The molecule has 20 heavy (non-hydrogen) atoms. The molecule has 0 radical (unpaired) electrons. The number of ether oxygens (including phenoxy) is 1. The van der Waals surface area contributed by atoms with Crippen molar-refractivity contribution in [3.63, 3.8) is 0 Å². The van der Waals surface area contributed by atoms with Crippen LogP contribution in [0.2, 0.25) is 0 Å². The van der Waals surface area contributed by atoms with E-state index in [0.717, 1.165) is 18.8 Å². The maximum atomic E-state index is 11.6. The molecule has 1 heterocycles. The monoisotopic (exact) mass is 278 g/mol. The van der Waals surface area contributed by atoms with E-state index < -0.39 is 17.1 Å². The van der Waals surface area contributed by atoms with Crippen LogP contribution in [0, 0.1) is 17.3 Å². The number of aromatic nitrogens is 2. The summed E-state index contributed by atoms with van der Waals surface area (Å²) in [4.78, 5) is 26.7. The molecule has 1 fully saturated rings. The zero-order valence-corrected chi connectivity index (χ0v) is 11.5. The topological polar surface area (TPSA) is 95.2 Å². The molecule has 0 saturated heterocycles. The van der Waals surface area contributed by atoms with Gasteiger partial charge >= 0.3 is 5.69 Å². The molecule has 1 saturated carbocycles. The third kappa shape index (κ3) is 1.87. The molecule has 0 aromatic carbocycles. The number of hydrogen-bond donors (Lipinski definition) is 3. The lowest BCUT2D eigenvalue weighted by molar-refractivity contribution is -0.0116. The number of H-pyrrole nitrogens is 2. The number of nitrogens with one attached hydrogen (secondary N) is 2. The summed E-state index contributed by atoms with van der Waals surface area (Å²) in [6.07, 6.45) is 4.37. The van der Waals surface area contributed by atoms with Crippen LogP contribution in [0.5, 0.6) is 11.6 Å². The zero-order chi connectivity index (χ0) is 14.5. The van der Waals surface area contributed by atoms with Gasteiger partial charge in [-0.1, -0.05) is 19.9 Å². The highest BCUT2D eigenvalue weighted by Crippen LogP contribution is 2.59. The van der Waals surface area contributed by atoms with Gasteiger partial charge < -0.3 is 9.84 Å². The highest BCUT2D eigenvalue weighted by Gasteiger charge is 2.51. The van der Waals surface area contributed by atoms with Crippen LogP contribution in [-0.4, -0.2) is 21.7 Å². The Morgan fingerprint density at radius 1 is 1.40 bits per heavy atom. The van der Waals surface area contributed by atoms with Gasteiger partial charge in [0.25, 0.3) is 5.56 Å². The maximum Gasteiger partial charge on any atom is 0.328 e. The van der Waals surface area contributed by atoms with Crippen LogP contribution in [0.1, 0.15) is 26.7 Å². The van der Waals surface area contributed by atoms with Crippen molar-refractivity contribution in [3.8, 4) is 11.6 Å². The minimum absolute atomic E-state index is 0.232. The fraction of sp³-hybridized carbons (Fsp3) is 0.571. The first-order valence-corrected chi connectivity index (χ1v) is 6.77. The van der Waals surface area contributed by atoms with Crippen molar-refractivity contribution in [2.24, 2.45) is 17.3 Å². The molecule has 108 valence electrons. The van der Waals surface area contributed by atoms with Crippen LogP contribution in [0.4, 0.5) is 0 Å². The Morgan fingerprint density at radius 3 is 2.75 bits per heavy atom. The average molecular weight is 278 g/mol. The van der Waals surface area contributed by atoms with Gasteiger partial charge in [-0.15, -0.1) is 0 Å². The lowest BCUT2D eigenvalue weighted by atomic mass is 9.49. The van der Waals surface area contributed by atoms with E-state index in [0.29, 0.717) is 5.92 Å². The van der Waals surface area contributed by atoms with Gasteiger partial charge in [-0.05, 0) is 35.7 Å². The zero-order valence-electron chi connectivity index (χ0n) is 11.5. The van der Waals surface area contributed by atoms with Crippen molar-refractivity contribution >= 4 is 0 Å². The molecule has 6 heteroatoms. The highest BCUT2D eigenvalue weighted by molar-refractivity contribution is 5.30. The molecule has 1 aromatic rings. The quantitative estimate of drug-likeness (QED) is 0.722. The smallest absolute Gasteiger partial charge is 0.328 e. The molecule has 0 spiro atoms. The maximum absolute atomic E-state index is 11.6. The summed E-state index contributed by atoms with van der Waals surface area (Å²) in [5, 5.41) is 9.56. The third-order valence-electron chi connectivity index (χ3n) is 4.85. The van der Waals surface area contributed by atoms with E-state index in [9.17, 15) is 14.7 Å². The van der Waals surface area contributed by atoms with Gasteiger partial charge in [0.1, 0.15) is 6.61 Å². The lowest BCUT2D eigenvalue weighted by Gasteiger charge is -2.56. The first-order valence-electron chi connectivity index (χ1n) is 6.77. The summed E-state index contributed by atoms with van der Waals surface area (Å²) in [6, 6.07) is 0. The van der Waals surface area contributed by atoms with Crippen molar-refractivity contribution in [1.82, 2.24) is 9.97 Å². The van der Waals surface area contributed by atoms with Crippen LogP contribution >= 0.6 is 0 Å². The third-order valence-corrected chi connectivity index (χ3v) is 4.85. The number of fused-ring (bicyclic) bond motifs is 1. The van der Waals surface area contributed by atoms with Crippen LogP contribution in [0.25, 0.3) is 0 Å². The first kappa shape index (κ1) is 13.0. The van der Waals surface area contributed by atoms with Gasteiger partial charge in [-0.3, -0.25) is 14.8 Å². The summed E-state index contributed by atoms with van der Waals surface area (Å²) in [5.74, 6) is 0.456. The van der Waals surface area contributed by atoms with Crippen molar-refractivity contribution in [2.75, 3.05) is 6.61 Å². The van der Waals surface area contributed by atoms with Crippen LogP contribution < -0.4 is 16.0 Å². The Morgan fingerprint density at radius 2 is 2.15 bits per heavy atom. The second kappa shape index (κ2) is 4.26. The van der Waals surface area contributed by atoms with Gasteiger partial charge in [0.15, 0.2) is 0 Å². The van der Waals surface area contributed by atoms with E-state index in [4.69, 9.17) is 4.74 Å². The molecular formula is C14H18N2O4. The van der Waals surface area contributed by atoms with Gasteiger partial charge in [-0.2, -0.15) is 0 Å². The Kier molecular flexibility index (Phi) is 2.77. The molecule has 2 unspecified atom stereocenters. The SMILES string of the molecule is CC1(C)C2CC=C(COc3c(O)[nH]c(=O)[nH]c3=O)C1C2. The predicted octanol–water partition coefficient (Wildman–Crippen LogP) is 1.14. The molecular weight excluding hydrogens is 260 g/mol.